The Labute approximate surface area is 138 Å². The summed E-state index contributed by atoms with van der Waals surface area (Å²) < 4.78 is 15.1. The Balaban J connectivity index is 1.65. The fourth-order valence-electron chi connectivity index (χ4n) is 2.85. The van der Waals surface area contributed by atoms with Crippen LogP contribution in [0, 0.1) is 5.82 Å². The number of halogens is 1. The SMILES string of the molecule is Fc1ccc(CCn2cncc2-c2ccnc3cnccc23)cc1. The molecule has 0 unspecified atom stereocenters. The molecule has 5 heteroatoms. The molecule has 4 nitrogen and oxygen atoms in total. The van der Waals surface area contributed by atoms with Crippen molar-refractivity contribution in [2.24, 2.45) is 0 Å². The van der Waals surface area contributed by atoms with E-state index in [-0.39, 0.29) is 5.82 Å². The highest BCUT2D eigenvalue weighted by molar-refractivity contribution is 5.92. The first kappa shape index (κ1) is 14.5. The van der Waals surface area contributed by atoms with E-state index in [2.05, 4.69) is 19.5 Å². The van der Waals surface area contributed by atoms with Crippen molar-refractivity contribution >= 4 is 10.9 Å². The molecule has 1 aromatic carbocycles. The monoisotopic (exact) mass is 318 g/mol. The van der Waals surface area contributed by atoms with Gasteiger partial charge in [0.1, 0.15) is 5.82 Å². The van der Waals surface area contributed by atoms with Crippen LogP contribution in [-0.4, -0.2) is 19.5 Å². The van der Waals surface area contributed by atoms with Crippen LogP contribution < -0.4 is 0 Å². The maximum absolute atomic E-state index is 13.0. The van der Waals surface area contributed by atoms with Gasteiger partial charge in [-0.2, -0.15) is 0 Å². The first-order chi connectivity index (χ1) is 11.8. The predicted molar refractivity (Wildman–Crippen MR) is 90.9 cm³/mol. The normalized spacial score (nSPS) is 11.0. The Kier molecular flexibility index (Phi) is 3.75. The van der Waals surface area contributed by atoms with Crippen LogP contribution in [-0.2, 0) is 13.0 Å². The van der Waals surface area contributed by atoms with Crippen LogP contribution in [0.5, 0.6) is 0 Å². The molecule has 0 N–H and O–H groups in total. The van der Waals surface area contributed by atoms with Crippen LogP contribution in [0.2, 0.25) is 0 Å². The lowest BCUT2D eigenvalue weighted by Crippen LogP contribution is -2.02. The molecule has 0 spiro atoms. The highest BCUT2D eigenvalue weighted by atomic mass is 19.1. The second-order valence-corrected chi connectivity index (χ2v) is 5.60. The molecule has 0 radical (unpaired) electrons. The molecule has 0 atom stereocenters. The zero-order valence-corrected chi connectivity index (χ0v) is 12.9. The van der Waals surface area contributed by atoms with E-state index in [0.29, 0.717) is 0 Å². The molecular weight excluding hydrogens is 303 g/mol. The van der Waals surface area contributed by atoms with E-state index in [4.69, 9.17) is 0 Å². The van der Waals surface area contributed by atoms with Crippen LogP contribution in [0.3, 0.4) is 0 Å². The fraction of sp³-hybridized carbons (Fsp3) is 0.105. The summed E-state index contributed by atoms with van der Waals surface area (Å²) >= 11 is 0. The van der Waals surface area contributed by atoms with Gasteiger partial charge < -0.3 is 4.57 Å². The van der Waals surface area contributed by atoms with Crippen molar-refractivity contribution in [1.82, 2.24) is 19.5 Å². The van der Waals surface area contributed by atoms with E-state index in [1.54, 1.807) is 18.6 Å². The molecule has 4 rings (SSSR count). The Morgan fingerprint density at radius 1 is 0.917 bits per heavy atom. The Hall–Kier alpha value is -3.08. The Bertz CT molecular complexity index is 971. The lowest BCUT2D eigenvalue weighted by atomic mass is 10.1. The average Bonchev–Trinajstić information content (AvgIpc) is 3.09. The molecule has 0 aliphatic carbocycles. The predicted octanol–water partition coefficient (Wildman–Crippen LogP) is 3.88. The number of hydrogen-bond acceptors (Lipinski definition) is 3. The van der Waals surface area contributed by atoms with Gasteiger partial charge in [-0.05, 0) is 36.2 Å². The second kappa shape index (κ2) is 6.20. The minimum absolute atomic E-state index is 0.209. The zero-order chi connectivity index (χ0) is 16.4. The molecular formula is C19H15FN4. The van der Waals surface area contributed by atoms with E-state index < -0.39 is 0 Å². The van der Waals surface area contributed by atoms with Crippen molar-refractivity contribution in [3.8, 4) is 11.3 Å². The summed E-state index contributed by atoms with van der Waals surface area (Å²) in [5, 5.41) is 1.05. The van der Waals surface area contributed by atoms with Crippen LogP contribution in [0.25, 0.3) is 22.2 Å². The third-order valence-corrected chi connectivity index (χ3v) is 4.09. The van der Waals surface area contributed by atoms with Crippen LogP contribution >= 0.6 is 0 Å². The maximum Gasteiger partial charge on any atom is 0.123 e. The molecule has 0 saturated carbocycles. The molecule has 0 fully saturated rings. The molecule has 0 aliphatic heterocycles. The lowest BCUT2D eigenvalue weighted by Gasteiger charge is -2.10. The van der Waals surface area contributed by atoms with Gasteiger partial charge in [0.25, 0.3) is 0 Å². The summed E-state index contributed by atoms with van der Waals surface area (Å²) in [6.07, 6.45) is 9.82. The molecule has 0 amide bonds. The third kappa shape index (κ3) is 2.76. The number of benzene rings is 1. The van der Waals surface area contributed by atoms with Crippen LogP contribution in [0.1, 0.15) is 5.56 Å². The standard InChI is InChI=1S/C19H15FN4/c20-15-3-1-14(2-4-15)7-10-24-13-22-12-19(24)17-6-9-23-18-11-21-8-5-16(17)18/h1-6,8-9,11-13H,7,10H2. The lowest BCUT2D eigenvalue weighted by molar-refractivity contribution is 0.625. The van der Waals surface area contributed by atoms with Gasteiger partial charge in [0.15, 0.2) is 0 Å². The minimum Gasteiger partial charge on any atom is -0.330 e. The molecule has 24 heavy (non-hydrogen) atoms. The van der Waals surface area contributed by atoms with Gasteiger partial charge >= 0.3 is 0 Å². The van der Waals surface area contributed by atoms with Gasteiger partial charge in [-0.15, -0.1) is 0 Å². The highest BCUT2D eigenvalue weighted by Gasteiger charge is 2.09. The molecule has 118 valence electrons. The smallest absolute Gasteiger partial charge is 0.123 e. The molecule has 3 heterocycles. The summed E-state index contributed by atoms with van der Waals surface area (Å²) in [6, 6.07) is 10.6. The van der Waals surface area contributed by atoms with Gasteiger partial charge in [0.2, 0.25) is 0 Å². The number of rotatable bonds is 4. The minimum atomic E-state index is -0.209. The van der Waals surface area contributed by atoms with Gasteiger partial charge in [0, 0.05) is 29.9 Å². The largest absolute Gasteiger partial charge is 0.330 e. The van der Waals surface area contributed by atoms with Crippen LogP contribution in [0.4, 0.5) is 4.39 Å². The van der Waals surface area contributed by atoms with Gasteiger partial charge in [-0.3, -0.25) is 9.97 Å². The van der Waals surface area contributed by atoms with Gasteiger partial charge in [0.05, 0.1) is 29.9 Å². The Morgan fingerprint density at radius 2 is 1.79 bits per heavy atom. The number of pyridine rings is 2. The molecule has 0 saturated heterocycles. The number of imidazole rings is 1. The summed E-state index contributed by atoms with van der Waals surface area (Å²) in [5.74, 6) is -0.209. The van der Waals surface area contributed by atoms with Crippen molar-refractivity contribution in [3.05, 3.63) is 78.9 Å². The highest BCUT2D eigenvalue weighted by Crippen LogP contribution is 2.26. The van der Waals surface area contributed by atoms with E-state index in [0.717, 1.165) is 40.7 Å². The van der Waals surface area contributed by atoms with Crippen molar-refractivity contribution in [2.45, 2.75) is 13.0 Å². The van der Waals surface area contributed by atoms with Crippen LogP contribution in [0.15, 0.2) is 67.5 Å². The van der Waals surface area contributed by atoms with Gasteiger partial charge in [-0.25, -0.2) is 9.37 Å². The van der Waals surface area contributed by atoms with Crippen molar-refractivity contribution in [2.75, 3.05) is 0 Å². The fourth-order valence-corrected chi connectivity index (χ4v) is 2.85. The van der Waals surface area contributed by atoms with E-state index in [1.807, 2.05) is 36.8 Å². The molecule has 3 aromatic heterocycles. The number of nitrogens with zero attached hydrogens (tertiary/aromatic N) is 4. The first-order valence-corrected chi connectivity index (χ1v) is 7.75. The number of fused-ring (bicyclic) bond motifs is 1. The topological polar surface area (TPSA) is 43.6 Å². The summed E-state index contributed by atoms with van der Waals surface area (Å²) in [5.41, 5.74) is 4.08. The summed E-state index contributed by atoms with van der Waals surface area (Å²) in [4.78, 5) is 12.8. The van der Waals surface area contributed by atoms with Crippen molar-refractivity contribution < 1.29 is 4.39 Å². The van der Waals surface area contributed by atoms with E-state index >= 15 is 0 Å². The van der Waals surface area contributed by atoms with E-state index in [1.165, 1.54) is 12.1 Å². The Morgan fingerprint density at radius 3 is 2.67 bits per heavy atom. The second-order valence-electron chi connectivity index (χ2n) is 5.60. The number of hydrogen-bond donors (Lipinski definition) is 0. The van der Waals surface area contributed by atoms with E-state index in [9.17, 15) is 4.39 Å². The zero-order valence-electron chi connectivity index (χ0n) is 12.9. The first-order valence-electron chi connectivity index (χ1n) is 7.75. The number of aromatic nitrogens is 4. The van der Waals surface area contributed by atoms with Crippen molar-refractivity contribution in [3.63, 3.8) is 0 Å². The summed E-state index contributed by atoms with van der Waals surface area (Å²) in [6.45, 7) is 0.774. The average molecular weight is 318 g/mol. The number of aryl methyl sites for hydroxylation is 2. The molecule has 4 aromatic rings. The third-order valence-electron chi connectivity index (χ3n) is 4.09. The molecule has 0 aliphatic rings. The quantitative estimate of drug-likeness (QED) is 0.573. The van der Waals surface area contributed by atoms with Gasteiger partial charge in [-0.1, -0.05) is 12.1 Å². The maximum atomic E-state index is 13.0. The summed E-state index contributed by atoms with van der Waals surface area (Å²) in [7, 11) is 0. The molecule has 0 bridgehead atoms. The van der Waals surface area contributed by atoms with Crippen molar-refractivity contribution in [1.29, 1.82) is 0 Å².